The molecule has 2 N–H and O–H groups in total. The first-order valence-corrected chi connectivity index (χ1v) is 11.0. The van der Waals surface area contributed by atoms with Crippen LogP contribution >= 0.6 is 0 Å². The number of nitrogens with zero attached hydrogens (tertiary/aromatic N) is 1. The Bertz CT molecular complexity index is 464. The molecule has 1 fully saturated rings. The van der Waals surface area contributed by atoms with Crippen LogP contribution in [0.25, 0.3) is 0 Å². The average molecular weight is 346 g/mol. The van der Waals surface area contributed by atoms with Gasteiger partial charge in [0, 0.05) is 6.54 Å². The summed E-state index contributed by atoms with van der Waals surface area (Å²) in [5.74, 6) is -0.950. The fourth-order valence-electron chi connectivity index (χ4n) is 2.80. The largest absolute Gasteiger partial charge is 0.480 e. The maximum atomic E-state index is 12.3. The van der Waals surface area contributed by atoms with Crippen LogP contribution in [-0.4, -0.2) is 53.4 Å². The van der Waals surface area contributed by atoms with Gasteiger partial charge in [-0.2, -0.15) is 0 Å². The van der Waals surface area contributed by atoms with E-state index in [4.69, 9.17) is 4.74 Å². The molecule has 0 aromatic rings. The maximum Gasteiger partial charge on any atom is 0.411 e. The van der Waals surface area contributed by atoms with E-state index in [-0.39, 0.29) is 11.0 Å². The summed E-state index contributed by atoms with van der Waals surface area (Å²) in [4.78, 5) is 35.5. The second-order valence-corrected chi connectivity index (χ2v) is 13.2. The van der Waals surface area contributed by atoms with Crippen LogP contribution in [0.2, 0.25) is 18.1 Å². The number of carbonyl (C=O) groups is 2. The van der Waals surface area contributed by atoms with E-state index in [9.17, 15) is 19.5 Å². The fraction of sp³-hybridized carbons (Fsp3) is 0.875. The molecule has 7 heteroatoms. The zero-order chi connectivity index (χ0) is 18.2. The lowest BCUT2D eigenvalue weighted by atomic mass is 9.94. The Kier molecular flexibility index (Phi) is 5.58. The van der Waals surface area contributed by atoms with Crippen LogP contribution in [0.3, 0.4) is 0 Å². The molecule has 0 spiro atoms. The van der Waals surface area contributed by atoms with E-state index in [1.165, 1.54) is 4.90 Å². The number of carboxylic acids is 1. The van der Waals surface area contributed by atoms with Crippen molar-refractivity contribution in [3.63, 3.8) is 0 Å². The Morgan fingerprint density at radius 2 is 1.74 bits per heavy atom. The van der Waals surface area contributed by atoms with Crippen LogP contribution in [0.15, 0.2) is 0 Å². The van der Waals surface area contributed by atoms with Crippen molar-refractivity contribution < 1.29 is 24.2 Å². The molecule has 0 aromatic heterocycles. The van der Waals surface area contributed by atoms with Crippen molar-refractivity contribution in [2.24, 2.45) is 5.92 Å². The van der Waals surface area contributed by atoms with E-state index in [2.05, 4.69) is 0 Å². The van der Waals surface area contributed by atoms with Crippen molar-refractivity contribution in [1.29, 1.82) is 0 Å². The van der Waals surface area contributed by atoms with Gasteiger partial charge in [0.2, 0.25) is 0 Å². The Labute approximate surface area is 139 Å². The molecule has 0 bridgehead atoms. The minimum atomic E-state index is -2.37. The van der Waals surface area contributed by atoms with E-state index < -0.39 is 32.0 Å². The fourth-order valence-corrected chi connectivity index (χ4v) is 3.59. The van der Waals surface area contributed by atoms with E-state index in [1.54, 1.807) is 20.8 Å². The highest BCUT2D eigenvalue weighted by molar-refractivity contribution is 6.72. The predicted octanol–water partition coefficient (Wildman–Crippen LogP) is 3.06. The first kappa shape index (κ1) is 20.0. The number of amides is 1. The van der Waals surface area contributed by atoms with Crippen LogP contribution < -0.4 is 0 Å². The molecule has 2 atom stereocenters. The molecule has 0 unspecified atom stereocenters. The lowest BCUT2D eigenvalue weighted by molar-refractivity contribution is -0.142. The second kappa shape index (κ2) is 6.43. The third kappa shape index (κ3) is 5.21. The highest BCUT2D eigenvalue weighted by atomic mass is 28.4. The molecule has 0 aliphatic carbocycles. The molecule has 1 saturated heterocycles. The topological polar surface area (TPSA) is 87.1 Å². The quantitative estimate of drug-likeness (QED) is 0.765. The summed E-state index contributed by atoms with van der Waals surface area (Å²) in [5.41, 5.74) is -0.655. The Hall–Kier alpha value is -1.08. The first-order chi connectivity index (χ1) is 10.1. The number of hydrogen-bond acceptors (Lipinski definition) is 4. The van der Waals surface area contributed by atoms with Crippen molar-refractivity contribution in [2.75, 3.05) is 6.54 Å². The predicted molar refractivity (Wildman–Crippen MR) is 90.8 cm³/mol. The zero-order valence-corrected chi connectivity index (χ0v) is 16.3. The molecule has 1 rings (SSSR count). The summed E-state index contributed by atoms with van der Waals surface area (Å²) < 4.78 is 5.33. The minimum absolute atomic E-state index is 0.0533. The van der Waals surface area contributed by atoms with Crippen LogP contribution in [0.5, 0.6) is 0 Å². The smallest absolute Gasteiger partial charge is 0.411 e. The molecule has 23 heavy (non-hydrogen) atoms. The number of hydrogen-bond donors (Lipinski definition) is 2. The Morgan fingerprint density at radius 1 is 1.22 bits per heavy atom. The summed E-state index contributed by atoms with van der Waals surface area (Å²) in [5, 5.41) is 9.17. The Morgan fingerprint density at radius 3 is 2.13 bits per heavy atom. The van der Waals surface area contributed by atoms with E-state index in [0.29, 0.717) is 19.4 Å². The molecule has 1 aliphatic rings. The summed E-state index contributed by atoms with van der Waals surface area (Å²) >= 11 is 0. The third-order valence-electron chi connectivity index (χ3n) is 4.76. The van der Waals surface area contributed by atoms with Gasteiger partial charge in [-0.15, -0.1) is 0 Å². The molecular weight excluding hydrogens is 314 g/mol. The molecular formula is C16H31NO5Si. The van der Waals surface area contributed by atoms with Gasteiger partial charge in [0.1, 0.15) is 11.6 Å². The van der Waals surface area contributed by atoms with Crippen molar-refractivity contribution in [3.05, 3.63) is 0 Å². The number of ether oxygens (including phenoxy) is 1. The molecule has 0 aromatic carbocycles. The molecule has 1 amide bonds. The minimum Gasteiger partial charge on any atom is -0.480 e. The molecule has 1 aliphatic heterocycles. The van der Waals surface area contributed by atoms with Crippen LogP contribution in [0, 0.1) is 5.92 Å². The molecule has 134 valence electrons. The normalized spacial score (nSPS) is 23.0. The lowest BCUT2D eigenvalue weighted by Crippen LogP contribution is -2.43. The summed E-state index contributed by atoms with van der Waals surface area (Å²) in [7, 11) is -2.37. The number of aliphatic carboxylic acids is 1. The second-order valence-electron chi connectivity index (χ2n) is 8.74. The number of carbonyl (C=O) groups excluding carboxylic acids is 1. The summed E-state index contributed by atoms with van der Waals surface area (Å²) in [6.45, 7) is 13.5. The lowest BCUT2D eigenvalue weighted by Gasteiger charge is -2.37. The van der Waals surface area contributed by atoms with Crippen molar-refractivity contribution in [1.82, 2.24) is 4.90 Å². The van der Waals surface area contributed by atoms with E-state index >= 15 is 0 Å². The van der Waals surface area contributed by atoms with Crippen molar-refractivity contribution in [2.45, 2.75) is 77.2 Å². The molecule has 0 saturated carbocycles. The van der Waals surface area contributed by atoms with Crippen LogP contribution in [-0.2, 0) is 9.53 Å². The van der Waals surface area contributed by atoms with Crippen LogP contribution in [0.4, 0.5) is 4.79 Å². The number of rotatable bonds is 4. The van der Waals surface area contributed by atoms with Gasteiger partial charge >= 0.3 is 12.1 Å². The van der Waals surface area contributed by atoms with Crippen molar-refractivity contribution in [3.8, 4) is 0 Å². The van der Waals surface area contributed by atoms with Gasteiger partial charge < -0.3 is 14.6 Å². The maximum absolute atomic E-state index is 12.3. The van der Waals surface area contributed by atoms with Gasteiger partial charge in [-0.05, 0) is 57.7 Å². The van der Waals surface area contributed by atoms with E-state index in [1.807, 2.05) is 26.9 Å². The van der Waals surface area contributed by atoms with Gasteiger partial charge in [-0.1, -0.05) is 13.8 Å². The standard InChI is InChI=1S/C16H31NO5Si/c1-15(2,3)22-14(20)17-10-11(8-12(17)13(18)19)9-16(4,5)23(6,7)21/h11-12,21H,8-10H2,1-7H3,(H,18,19)/t11-,12+/m1/s1. The average Bonchev–Trinajstić information content (AvgIpc) is 2.68. The van der Waals surface area contributed by atoms with Crippen LogP contribution in [0.1, 0.15) is 47.5 Å². The van der Waals surface area contributed by atoms with Crippen molar-refractivity contribution >= 4 is 20.4 Å². The Balaban J connectivity index is 2.87. The molecule has 0 radical (unpaired) electrons. The number of likely N-dealkylation sites (tertiary alicyclic amines) is 1. The molecule has 1 heterocycles. The van der Waals surface area contributed by atoms with Gasteiger partial charge in [-0.25, -0.2) is 9.59 Å². The molecule has 6 nitrogen and oxygen atoms in total. The SMILES string of the molecule is CC(C)(C)OC(=O)N1C[C@@H](CC(C)(C)[Si](C)(C)O)C[C@H]1C(=O)O. The van der Waals surface area contributed by atoms with Gasteiger partial charge in [0.05, 0.1) is 0 Å². The van der Waals surface area contributed by atoms with Gasteiger partial charge in [0.25, 0.3) is 0 Å². The zero-order valence-electron chi connectivity index (χ0n) is 15.3. The summed E-state index contributed by atoms with van der Waals surface area (Å²) in [6.07, 6.45) is 0.527. The van der Waals surface area contributed by atoms with E-state index in [0.717, 1.165) is 0 Å². The van der Waals surface area contributed by atoms with Gasteiger partial charge in [-0.3, -0.25) is 4.90 Å². The van der Waals surface area contributed by atoms with Gasteiger partial charge in [0.15, 0.2) is 8.32 Å². The summed E-state index contributed by atoms with van der Waals surface area (Å²) in [6, 6.07) is -0.853. The highest BCUT2D eigenvalue weighted by Gasteiger charge is 2.46. The number of carboxylic acid groups (broad SMARTS) is 1. The first-order valence-electron chi connectivity index (χ1n) is 8.09. The highest BCUT2D eigenvalue weighted by Crippen LogP contribution is 2.44. The monoisotopic (exact) mass is 345 g/mol. The third-order valence-corrected chi connectivity index (χ3v) is 8.27.